The summed E-state index contributed by atoms with van der Waals surface area (Å²) < 4.78 is 23.2. The summed E-state index contributed by atoms with van der Waals surface area (Å²) in [7, 11) is 0. The zero-order valence-corrected chi connectivity index (χ0v) is 15.9. The number of rotatable bonds is 5. The van der Waals surface area contributed by atoms with Crippen molar-refractivity contribution in [1.82, 2.24) is 0 Å². The van der Waals surface area contributed by atoms with E-state index in [2.05, 4.69) is 0 Å². The van der Waals surface area contributed by atoms with Crippen LogP contribution < -0.4 is 0 Å². The molecule has 25 heavy (non-hydrogen) atoms. The molecule has 1 N–H and O–H groups in total. The van der Waals surface area contributed by atoms with Crippen LogP contribution in [0.25, 0.3) is 0 Å². The normalized spacial score (nSPS) is 32.3. The van der Waals surface area contributed by atoms with Gasteiger partial charge >= 0.3 is 0 Å². The standard InChI is InChI=1S/C19H26O5S/c1-18(2)21-12-15(23-18)16(20)17-14(22-19(3,4)24-17)10-11-25-13-8-6-5-7-9-13/h5-11,14-17,20H,12H2,1-4H3/b11-10+/t14-,15-,16-,17-/m1/s1. The van der Waals surface area contributed by atoms with Gasteiger partial charge in [-0.2, -0.15) is 0 Å². The van der Waals surface area contributed by atoms with Crippen LogP contribution in [0.3, 0.4) is 0 Å². The van der Waals surface area contributed by atoms with E-state index in [1.165, 1.54) is 0 Å². The molecule has 0 aliphatic carbocycles. The lowest BCUT2D eigenvalue weighted by Gasteiger charge is -2.26. The van der Waals surface area contributed by atoms with Gasteiger partial charge in [0.05, 0.1) is 6.61 Å². The Hall–Kier alpha value is -0.890. The van der Waals surface area contributed by atoms with Gasteiger partial charge in [0, 0.05) is 4.90 Å². The Morgan fingerprint density at radius 1 is 1.08 bits per heavy atom. The van der Waals surface area contributed by atoms with Gasteiger partial charge in [0.25, 0.3) is 0 Å². The maximum atomic E-state index is 10.7. The second-order valence-corrected chi connectivity index (χ2v) is 8.16. The number of aliphatic hydroxyl groups excluding tert-OH is 1. The summed E-state index contributed by atoms with van der Waals surface area (Å²) in [6.07, 6.45) is -0.199. The molecule has 0 saturated carbocycles. The molecule has 0 unspecified atom stereocenters. The molecule has 1 aromatic carbocycles. The molecular weight excluding hydrogens is 340 g/mol. The van der Waals surface area contributed by atoms with Gasteiger partial charge in [0.15, 0.2) is 11.6 Å². The molecule has 2 aliphatic rings. The molecular formula is C19H26O5S. The Labute approximate surface area is 153 Å². The average molecular weight is 366 g/mol. The van der Waals surface area contributed by atoms with E-state index in [9.17, 15) is 5.11 Å². The van der Waals surface area contributed by atoms with Crippen LogP contribution in [0.5, 0.6) is 0 Å². The Balaban J connectivity index is 1.66. The molecule has 2 saturated heterocycles. The van der Waals surface area contributed by atoms with Gasteiger partial charge in [-0.3, -0.25) is 0 Å². The molecule has 4 atom stereocenters. The number of hydrogen-bond donors (Lipinski definition) is 1. The van der Waals surface area contributed by atoms with Gasteiger partial charge in [-0.15, -0.1) is 0 Å². The SMILES string of the molecule is CC1(C)O[C@@H]([C@H](O)[C@H]2COC(C)(C)O2)[C@@H](/C=C/Sc2ccccc2)O1. The second-order valence-electron chi connectivity index (χ2n) is 7.18. The van der Waals surface area contributed by atoms with E-state index in [4.69, 9.17) is 18.9 Å². The topological polar surface area (TPSA) is 57.2 Å². The van der Waals surface area contributed by atoms with E-state index in [1.54, 1.807) is 11.8 Å². The Morgan fingerprint density at radius 3 is 2.44 bits per heavy atom. The third-order valence-electron chi connectivity index (χ3n) is 4.13. The molecule has 5 nitrogen and oxygen atoms in total. The first-order valence-electron chi connectivity index (χ1n) is 8.50. The van der Waals surface area contributed by atoms with Crippen LogP contribution in [0.4, 0.5) is 0 Å². The van der Waals surface area contributed by atoms with Crippen molar-refractivity contribution in [3.63, 3.8) is 0 Å². The number of thioether (sulfide) groups is 1. The van der Waals surface area contributed by atoms with Crippen molar-refractivity contribution >= 4 is 11.8 Å². The van der Waals surface area contributed by atoms with Gasteiger partial charge in [-0.05, 0) is 51.3 Å². The Bertz CT molecular complexity index is 601. The van der Waals surface area contributed by atoms with Gasteiger partial charge in [-0.1, -0.05) is 30.0 Å². The van der Waals surface area contributed by atoms with E-state index in [1.807, 2.05) is 69.5 Å². The zero-order chi connectivity index (χ0) is 18.1. The molecule has 2 heterocycles. The summed E-state index contributed by atoms with van der Waals surface area (Å²) >= 11 is 1.60. The number of ether oxygens (including phenoxy) is 4. The number of hydrogen-bond acceptors (Lipinski definition) is 6. The van der Waals surface area contributed by atoms with E-state index in [0.29, 0.717) is 6.61 Å². The Kier molecular flexibility index (Phi) is 5.58. The van der Waals surface area contributed by atoms with Crippen LogP contribution in [0, 0.1) is 0 Å². The lowest BCUT2D eigenvalue weighted by molar-refractivity contribution is -0.178. The molecule has 0 radical (unpaired) electrons. The van der Waals surface area contributed by atoms with Gasteiger partial charge in [0.1, 0.15) is 24.4 Å². The van der Waals surface area contributed by atoms with Crippen molar-refractivity contribution in [1.29, 1.82) is 0 Å². The summed E-state index contributed by atoms with van der Waals surface area (Å²) in [5, 5.41) is 12.7. The molecule has 138 valence electrons. The minimum Gasteiger partial charge on any atom is -0.387 e. The molecule has 6 heteroatoms. The van der Waals surface area contributed by atoms with Crippen LogP contribution in [0.2, 0.25) is 0 Å². The first-order valence-corrected chi connectivity index (χ1v) is 9.38. The fourth-order valence-corrected chi connectivity index (χ4v) is 3.72. The summed E-state index contributed by atoms with van der Waals surface area (Å²) in [5.74, 6) is -1.44. The molecule has 0 spiro atoms. The average Bonchev–Trinajstić information content (AvgIpc) is 3.06. The van der Waals surface area contributed by atoms with Gasteiger partial charge < -0.3 is 24.1 Å². The first kappa shape index (κ1) is 18.9. The van der Waals surface area contributed by atoms with Crippen LogP contribution >= 0.6 is 11.8 Å². The van der Waals surface area contributed by atoms with Crippen molar-refractivity contribution in [3.8, 4) is 0 Å². The van der Waals surface area contributed by atoms with Crippen molar-refractivity contribution in [3.05, 3.63) is 41.8 Å². The largest absolute Gasteiger partial charge is 0.387 e. The molecule has 3 rings (SSSR count). The van der Waals surface area contributed by atoms with Crippen molar-refractivity contribution in [2.45, 2.75) is 68.6 Å². The van der Waals surface area contributed by atoms with Crippen LogP contribution in [0.1, 0.15) is 27.7 Å². The predicted molar refractivity (Wildman–Crippen MR) is 96.2 cm³/mol. The smallest absolute Gasteiger partial charge is 0.164 e. The maximum Gasteiger partial charge on any atom is 0.164 e. The molecule has 1 aromatic rings. The van der Waals surface area contributed by atoms with E-state index in [0.717, 1.165) is 4.90 Å². The minimum atomic E-state index is -0.833. The predicted octanol–water partition coefficient (Wildman–Crippen LogP) is 3.32. The first-order chi connectivity index (χ1) is 11.8. The molecule has 2 fully saturated rings. The van der Waals surface area contributed by atoms with E-state index in [-0.39, 0.29) is 6.10 Å². The lowest BCUT2D eigenvalue weighted by Crippen LogP contribution is -2.44. The van der Waals surface area contributed by atoms with Crippen LogP contribution in [0.15, 0.2) is 46.7 Å². The molecule has 0 amide bonds. The number of benzene rings is 1. The highest BCUT2D eigenvalue weighted by atomic mass is 32.2. The highest BCUT2D eigenvalue weighted by Gasteiger charge is 2.48. The summed E-state index contributed by atoms with van der Waals surface area (Å²) in [6.45, 7) is 7.71. The maximum absolute atomic E-state index is 10.7. The fourth-order valence-electron chi connectivity index (χ4n) is 3.02. The molecule has 2 aliphatic heterocycles. The third-order valence-corrected chi connectivity index (χ3v) is 4.96. The zero-order valence-electron chi connectivity index (χ0n) is 15.0. The van der Waals surface area contributed by atoms with E-state index < -0.39 is 29.9 Å². The second kappa shape index (κ2) is 7.39. The number of aliphatic hydroxyl groups is 1. The van der Waals surface area contributed by atoms with Crippen LogP contribution in [-0.4, -0.2) is 47.7 Å². The van der Waals surface area contributed by atoms with E-state index >= 15 is 0 Å². The van der Waals surface area contributed by atoms with Crippen molar-refractivity contribution in [2.75, 3.05) is 6.61 Å². The summed E-state index contributed by atoms with van der Waals surface area (Å²) in [6, 6.07) is 10.1. The molecule has 0 aromatic heterocycles. The van der Waals surface area contributed by atoms with Crippen molar-refractivity contribution in [2.24, 2.45) is 0 Å². The highest BCUT2D eigenvalue weighted by molar-refractivity contribution is 8.02. The van der Waals surface area contributed by atoms with Crippen LogP contribution in [-0.2, 0) is 18.9 Å². The minimum absolute atomic E-state index is 0.337. The third kappa shape index (κ3) is 4.84. The monoisotopic (exact) mass is 366 g/mol. The Morgan fingerprint density at radius 2 is 1.80 bits per heavy atom. The molecule has 0 bridgehead atoms. The summed E-state index contributed by atoms with van der Waals surface area (Å²) in [4.78, 5) is 1.14. The fraction of sp³-hybridized carbons (Fsp3) is 0.579. The highest BCUT2D eigenvalue weighted by Crippen LogP contribution is 2.35. The van der Waals surface area contributed by atoms with Gasteiger partial charge in [-0.25, -0.2) is 0 Å². The van der Waals surface area contributed by atoms with Gasteiger partial charge in [0.2, 0.25) is 0 Å². The summed E-state index contributed by atoms with van der Waals surface area (Å²) in [5.41, 5.74) is 0. The van der Waals surface area contributed by atoms with Crippen molar-refractivity contribution < 1.29 is 24.1 Å². The lowest BCUT2D eigenvalue weighted by atomic mass is 10.0. The quantitative estimate of drug-likeness (QED) is 0.807.